The van der Waals surface area contributed by atoms with Crippen LogP contribution in [-0.4, -0.2) is 27.6 Å². The van der Waals surface area contributed by atoms with Crippen molar-refractivity contribution >= 4 is 8.07 Å². The van der Waals surface area contributed by atoms with Gasteiger partial charge in [-0.3, -0.25) is 0 Å². The highest BCUT2D eigenvalue weighted by Gasteiger charge is 2.33. The van der Waals surface area contributed by atoms with Gasteiger partial charge in [-0.1, -0.05) is 39.8 Å². The van der Waals surface area contributed by atoms with Crippen molar-refractivity contribution in [2.45, 2.75) is 64.5 Å². The largest absolute Gasteiger partial charge is 0.353 e. The van der Waals surface area contributed by atoms with Crippen LogP contribution in [0.2, 0.25) is 18.1 Å². The minimum absolute atomic E-state index is 0.0162. The van der Waals surface area contributed by atoms with Crippen molar-refractivity contribution in [2.24, 2.45) is 0 Å². The van der Waals surface area contributed by atoms with E-state index in [2.05, 4.69) is 45.3 Å². The van der Waals surface area contributed by atoms with Crippen molar-refractivity contribution in [1.29, 1.82) is 0 Å². The molecule has 1 fully saturated rings. The Balaban J connectivity index is 2.35. The van der Waals surface area contributed by atoms with E-state index in [9.17, 15) is 0 Å². The van der Waals surface area contributed by atoms with E-state index < -0.39 is 8.07 Å². The highest BCUT2D eigenvalue weighted by molar-refractivity contribution is 6.87. The number of hydrogen-bond acceptors (Lipinski definition) is 2. The summed E-state index contributed by atoms with van der Waals surface area (Å²) in [5.41, 5.74) is 3.45. The molecule has 2 nitrogen and oxygen atoms in total. The molecule has 0 radical (unpaired) electrons. The molecular formula is C14H26O2Si. The summed E-state index contributed by atoms with van der Waals surface area (Å²) in [4.78, 5) is 0. The summed E-state index contributed by atoms with van der Waals surface area (Å²) in [5.74, 6) is 3.19. The molecule has 0 aromatic heterocycles. The lowest BCUT2D eigenvalue weighted by Crippen LogP contribution is -2.35. The Bertz CT molecular complexity index is 288. The maximum atomic E-state index is 5.62. The summed E-state index contributed by atoms with van der Waals surface area (Å²) in [6.07, 6.45) is 3.37. The van der Waals surface area contributed by atoms with E-state index >= 15 is 0 Å². The molecule has 1 heterocycles. The Hall–Kier alpha value is -0.303. The van der Waals surface area contributed by atoms with Gasteiger partial charge >= 0.3 is 0 Å². The monoisotopic (exact) mass is 254 g/mol. The summed E-state index contributed by atoms with van der Waals surface area (Å²) >= 11 is 0. The first-order valence-corrected chi connectivity index (χ1v) is 9.56. The summed E-state index contributed by atoms with van der Waals surface area (Å²) in [6.45, 7) is 12.8. The molecule has 0 spiro atoms. The summed E-state index contributed by atoms with van der Waals surface area (Å²) in [7, 11) is -1.47. The minimum Gasteiger partial charge on any atom is -0.353 e. The van der Waals surface area contributed by atoms with E-state index in [-0.39, 0.29) is 6.29 Å². The van der Waals surface area contributed by atoms with Crippen LogP contribution in [0.5, 0.6) is 0 Å². The van der Waals surface area contributed by atoms with Gasteiger partial charge in [0.25, 0.3) is 0 Å². The van der Waals surface area contributed by atoms with Gasteiger partial charge in [-0.15, -0.1) is 5.54 Å². The summed E-state index contributed by atoms with van der Waals surface area (Å²) < 4.78 is 11.1. The van der Waals surface area contributed by atoms with Crippen LogP contribution in [-0.2, 0) is 9.47 Å². The average molecular weight is 254 g/mol. The lowest BCUT2D eigenvalue weighted by Gasteiger charge is -2.31. The highest BCUT2D eigenvalue weighted by Crippen LogP contribution is 2.35. The van der Waals surface area contributed by atoms with Crippen LogP contribution in [0.3, 0.4) is 0 Å². The molecule has 0 saturated carbocycles. The molecule has 0 aromatic carbocycles. The second-order valence-corrected chi connectivity index (χ2v) is 11.3. The fourth-order valence-electron chi connectivity index (χ4n) is 1.42. The van der Waals surface area contributed by atoms with Gasteiger partial charge in [0.15, 0.2) is 6.29 Å². The van der Waals surface area contributed by atoms with Gasteiger partial charge in [0.2, 0.25) is 0 Å². The molecule has 0 aromatic rings. The fraction of sp³-hybridized carbons (Fsp3) is 0.857. The topological polar surface area (TPSA) is 18.5 Å². The first kappa shape index (κ1) is 14.8. The van der Waals surface area contributed by atoms with Gasteiger partial charge < -0.3 is 9.47 Å². The lowest BCUT2D eigenvalue weighted by molar-refractivity contribution is -0.154. The Morgan fingerprint density at radius 2 is 2.00 bits per heavy atom. The molecule has 3 heteroatoms. The zero-order valence-electron chi connectivity index (χ0n) is 11.9. The van der Waals surface area contributed by atoms with Crippen LogP contribution in [0.1, 0.15) is 40.0 Å². The second kappa shape index (κ2) is 6.04. The summed E-state index contributed by atoms with van der Waals surface area (Å²) in [6, 6.07) is 0. The third-order valence-corrected chi connectivity index (χ3v) is 8.31. The van der Waals surface area contributed by atoms with Crippen LogP contribution >= 0.6 is 0 Å². The smallest absolute Gasteiger partial charge is 0.158 e. The third-order valence-electron chi connectivity index (χ3n) is 3.76. The zero-order chi connectivity index (χ0) is 12.9. The highest BCUT2D eigenvalue weighted by atomic mass is 28.3. The molecule has 1 aliphatic heterocycles. The van der Waals surface area contributed by atoms with Crippen LogP contribution in [0.15, 0.2) is 0 Å². The minimum atomic E-state index is -1.47. The molecule has 0 amide bonds. The third kappa shape index (κ3) is 4.83. The molecule has 1 rings (SSSR count). The van der Waals surface area contributed by atoms with Crippen LogP contribution in [0.25, 0.3) is 0 Å². The van der Waals surface area contributed by atoms with E-state index in [1.165, 1.54) is 6.42 Å². The van der Waals surface area contributed by atoms with Crippen LogP contribution in [0.4, 0.5) is 0 Å². The molecule has 0 N–H and O–H groups in total. The predicted octanol–water partition coefficient (Wildman–Crippen LogP) is 3.58. The maximum absolute atomic E-state index is 5.62. The molecule has 1 aliphatic rings. The van der Waals surface area contributed by atoms with Gasteiger partial charge in [0, 0.05) is 6.61 Å². The van der Waals surface area contributed by atoms with E-state index in [4.69, 9.17) is 9.47 Å². The second-order valence-electron chi connectivity index (χ2n) is 6.28. The molecule has 98 valence electrons. The van der Waals surface area contributed by atoms with Crippen LogP contribution < -0.4 is 0 Å². The zero-order valence-corrected chi connectivity index (χ0v) is 12.9. The molecule has 1 saturated heterocycles. The SMILES string of the molecule is CC(C)(C)[Si](C)(C)C#CCO[C@@H]1CCCCO1. The predicted molar refractivity (Wildman–Crippen MR) is 74.5 cm³/mol. The van der Waals surface area contributed by atoms with Crippen molar-refractivity contribution in [2.75, 3.05) is 13.2 Å². The molecule has 1 atom stereocenters. The van der Waals surface area contributed by atoms with Gasteiger partial charge in [0.1, 0.15) is 14.7 Å². The Labute approximate surface area is 107 Å². The van der Waals surface area contributed by atoms with E-state index in [0.717, 1.165) is 19.4 Å². The summed E-state index contributed by atoms with van der Waals surface area (Å²) in [5, 5.41) is 0.321. The standard InChI is InChI=1S/C14H26O2Si/c1-14(2,3)17(4,5)12-8-11-16-13-9-6-7-10-15-13/h13H,6-7,9-11H2,1-5H3/t13-/m1/s1. The molecular weight excluding hydrogens is 228 g/mol. The normalized spacial score (nSPS) is 21.8. The first-order valence-electron chi connectivity index (χ1n) is 6.56. The van der Waals surface area contributed by atoms with Gasteiger partial charge in [-0.05, 0) is 24.3 Å². The Kier molecular flexibility index (Phi) is 5.24. The van der Waals surface area contributed by atoms with Gasteiger partial charge in [0.05, 0.1) is 0 Å². The number of rotatable bonds is 2. The van der Waals surface area contributed by atoms with E-state index in [1.807, 2.05) is 0 Å². The van der Waals surface area contributed by atoms with Crippen molar-refractivity contribution in [1.82, 2.24) is 0 Å². The molecule has 17 heavy (non-hydrogen) atoms. The molecule has 0 bridgehead atoms. The van der Waals surface area contributed by atoms with Gasteiger partial charge in [-0.2, -0.15) is 0 Å². The quantitative estimate of drug-likeness (QED) is 0.554. The lowest BCUT2D eigenvalue weighted by atomic mass is 10.2. The maximum Gasteiger partial charge on any atom is 0.158 e. The fourth-order valence-corrected chi connectivity index (χ4v) is 2.31. The average Bonchev–Trinajstić information content (AvgIpc) is 2.24. The van der Waals surface area contributed by atoms with Gasteiger partial charge in [-0.25, -0.2) is 0 Å². The van der Waals surface area contributed by atoms with E-state index in [1.54, 1.807) is 0 Å². The Morgan fingerprint density at radius 1 is 1.29 bits per heavy atom. The van der Waals surface area contributed by atoms with Crippen LogP contribution in [0, 0.1) is 11.5 Å². The molecule has 0 unspecified atom stereocenters. The van der Waals surface area contributed by atoms with Crippen molar-refractivity contribution in [3.05, 3.63) is 0 Å². The first-order chi connectivity index (χ1) is 7.83. The van der Waals surface area contributed by atoms with E-state index in [0.29, 0.717) is 11.6 Å². The van der Waals surface area contributed by atoms with Crippen molar-refractivity contribution < 1.29 is 9.47 Å². The van der Waals surface area contributed by atoms with Crippen molar-refractivity contribution in [3.8, 4) is 11.5 Å². The number of ether oxygens (including phenoxy) is 2. The number of hydrogen-bond donors (Lipinski definition) is 0. The Morgan fingerprint density at radius 3 is 2.53 bits per heavy atom. The molecule has 0 aliphatic carbocycles. The van der Waals surface area contributed by atoms with Crippen molar-refractivity contribution in [3.63, 3.8) is 0 Å².